The summed E-state index contributed by atoms with van der Waals surface area (Å²) in [6.07, 6.45) is 0.488. The maximum absolute atomic E-state index is 10.1. The van der Waals surface area contributed by atoms with Crippen LogP contribution in [-0.4, -0.2) is 16.5 Å². The summed E-state index contributed by atoms with van der Waals surface area (Å²) in [7, 11) is 0. The van der Waals surface area contributed by atoms with Gasteiger partial charge in [-0.2, -0.15) is 0 Å². The van der Waals surface area contributed by atoms with Gasteiger partial charge in [0, 0.05) is 0 Å². The molecule has 5 nitrogen and oxygen atoms in total. The smallest absolute Gasteiger partial charge is 0.280 e. The summed E-state index contributed by atoms with van der Waals surface area (Å²) in [5, 5.41) is 7.02. The monoisotopic (exact) mass is 155 g/mol. The molecule has 0 saturated heterocycles. The van der Waals surface area contributed by atoms with E-state index in [9.17, 15) is 4.79 Å². The van der Waals surface area contributed by atoms with Gasteiger partial charge in [0.15, 0.2) is 0 Å². The van der Waals surface area contributed by atoms with Gasteiger partial charge in [-0.3, -0.25) is 4.79 Å². The van der Waals surface area contributed by atoms with Crippen LogP contribution in [0.5, 0.6) is 0 Å². The normalized spacial score (nSPS) is 11.5. The first-order valence-corrected chi connectivity index (χ1v) is 3.12. The highest BCUT2D eigenvalue weighted by Gasteiger charge is 2.21. The molecular weight excluding hydrogens is 146 g/mol. The molecule has 1 heterocycles. The Morgan fingerprint density at radius 3 is 2.45 bits per heavy atom. The number of aromatic nitrogens is 2. The molecule has 1 rings (SSSR count). The van der Waals surface area contributed by atoms with E-state index in [2.05, 4.69) is 10.2 Å². The van der Waals surface area contributed by atoms with Crippen LogP contribution in [0.4, 0.5) is 0 Å². The Morgan fingerprint density at radius 1 is 1.55 bits per heavy atom. The molecule has 0 spiro atoms. The lowest BCUT2D eigenvalue weighted by molar-refractivity contribution is 0.109. The second-order valence-electron chi connectivity index (χ2n) is 2.78. The quantitative estimate of drug-likeness (QED) is 0.611. The molecular formula is C6H9N3O2. The SMILES string of the molecule is CC(C)(N)c1nnc(C=O)o1. The lowest BCUT2D eigenvalue weighted by Gasteiger charge is -2.10. The van der Waals surface area contributed by atoms with E-state index in [4.69, 9.17) is 10.2 Å². The largest absolute Gasteiger partial charge is 0.416 e. The Bertz CT molecular complexity index is 261. The average molecular weight is 155 g/mol. The van der Waals surface area contributed by atoms with Crippen molar-refractivity contribution in [2.45, 2.75) is 19.4 Å². The van der Waals surface area contributed by atoms with Gasteiger partial charge in [0.25, 0.3) is 5.89 Å². The van der Waals surface area contributed by atoms with Gasteiger partial charge in [-0.05, 0) is 13.8 Å². The lowest BCUT2D eigenvalue weighted by atomic mass is 10.1. The molecule has 2 N–H and O–H groups in total. The maximum Gasteiger partial charge on any atom is 0.280 e. The molecule has 0 fully saturated rings. The molecule has 0 aliphatic rings. The molecule has 0 aliphatic heterocycles. The van der Waals surface area contributed by atoms with Crippen LogP contribution in [0.3, 0.4) is 0 Å². The minimum atomic E-state index is -0.686. The van der Waals surface area contributed by atoms with Crippen molar-refractivity contribution < 1.29 is 9.21 Å². The number of hydrogen-bond donors (Lipinski definition) is 1. The van der Waals surface area contributed by atoms with Gasteiger partial charge in [-0.25, -0.2) is 0 Å². The zero-order chi connectivity index (χ0) is 8.48. The van der Waals surface area contributed by atoms with E-state index in [-0.39, 0.29) is 11.8 Å². The summed E-state index contributed by atoms with van der Waals surface area (Å²) < 4.78 is 4.88. The molecule has 0 aliphatic carbocycles. The fraction of sp³-hybridized carbons (Fsp3) is 0.500. The fourth-order valence-electron chi connectivity index (χ4n) is 0.543. The Hall–Kier alpha value is -1.23. The van der Waals surface area contributed by atoms with Gasteiger partial charge in [-0.1, -0.05) is 0 Å². The van der Waals surface area contributed by atoms with Gasteiger partial charge in [0.05, 0.1) is 5.54 Å². The van der Waals surface area contributed by atoms with Crippen LogP contribution in [-0.2, 0) is 5.54 Å². The van der Waals surface area contributed by atoms with Crippen molar-refractivity contribution in [2.75, 3.05) is 0 Å². The number of rotatable bonds is 2. The highest BCUT2D eigenvalue weighted by molar-refractivity contribution is 5.66. The van der Waals surface area contributed by atoms with Crippen molar-refractivity contribution in [3.8, 4) is 0 Å². The third-order valence-electron chi connectivity index (χ3n) is 1.09. The van der Waals surface area contributed by atoms with E-state index in [1.807, 2.05) is 0 Å². The highest BCUT2D eigenvalue weighted by Crippen LogP contribution is 2.13. The Labute approximate surface area is 63.6 Å². The van der Waals surface area contributed by atoms with Crippen LogP contribution in [0.1, 0.15) is 30.4 Å². The van der Waals surface area contributed by atoms with Gasteiger partial charge in [-0.15, -0.1) is 10.2 Å². The topological polar surface area (TPSA) is 82.0 Å². The van der Waals surface area contributed by atoms with Crippen molar-refractivity contribution in [3.63, 3.8) is 0 Å². The second kappa shape index (κ2) is 2.43. The minimum absolute atomic E-state index is 0.0430. The summed E-state index contributed by atoms with van der Waals surface area (Å²) in [5.74, 6) is 0.220. The Kier molecular flexibility index (Phi) is 1.74. The fourth-order valence-corrected chi connectivity index (χ4v) is 0.543. The highest BCUT2D eigenvalue weighted by atomic mass is 16.4. The first kappa shape index (κ1) is 7.87. The molecule has 0 atom stereocenters. The van der Waals surface area contributed by atoms with Crippen LogP contribution in [0, 0.1) is 0 Å². The van der Waals surface area contributed by atoms with Crippen LogP contribution in [0.2, 0.25) is 0 Å². The summed E-state index contributed by atoms with van der Waals surface area (Å²) >= 11 is 0. The number of carbonyl (C=O) groups is 1. The summed E-state index contributed by atoms with van der Waals surface area (Å²) in [6.45, 7) is 3.43. The van der Waals surface area contributed by atoms with Crippen LogP contribution in [0.25, 0.3) is 0 Å². The third kappa shape index (κ3) is 1.62. The van der Waals surface area contributed by atoms with Crippen molar-refractivity contribution in [2.24, 2.45) is 5.73 Å². The van der Waals surface area contributed by atoms with Crippen molar-refractivity contribution >= 4 is 6.29 Å². The first-order valence-electron chi connectivity index (χ1n) is 3.12. The standard InChI is InChI=1S/C6H9N3O2/c1-6(2,7)5-9-8-4(3-10)11-5/h3H,7H2,1-2H3. The molecule has 0 aromatic carbocycles. The van der Waals surface area contributed by atoms with E-state index < -0.39 is 5.54 Å². The maximum atomic E-state index is 10.1. The van der Waals surface area contributed by atoms with Gasteiger partial charge in [0.2, 0.25) is 12.2 Å². The molecule has 5 heteroatoms. The molecule has 11 heavy (non-hydrogen) atoms. The van der Waals surface area contributed by atoms with Crippen molar-refractivity contribution in [3.05, 3.63) is 11.8 Å². The van der Waals surface area contributed by atoms with Crippen LogP contribution in [0.15, 0.2) is 4.42 Å². The third-order valence-corrected chi connectivity index (χ3v) is 1.09. The van der Waals surface area contributed by atoms with Gasteiger partial charge in [0.1, 0.15) is 0 Å². The number of nitrogens with two attached hydrogens (primary N) is 1. The molecule has 60 valence electrons. The lowest BCUT2D eigenvalue weighted by Crippen LogP contribution is -2.29. The Morgan fingerprint density at radius 2 is 2.18 bits per heavy atom. The molecule has 1 aromatic heterocycles. The predicted octanol–water partition coefficient (Wildman–Crippen LogP) is 0.0759. The number of hydrogen-bond acceptors (Lipinski definition) is 5. The average Bonchev–Trinajstić information content (AvgIpc) is 2.32. The van der Waals surface area contributed by atoms with E-state index in [1.165, 1.54) is 0 Å². The van der Waals surface area contributed by atoms with Gasteiger partial charge >= 0.3 is 0 Å². The van der Waals surface area contributed by atoms with Crippen LogP contribution < -0.4 is 5.73 Å². The Balaban J connectivity index is 2.98. The molecule has 0 unspecified atom stereocenters. The second-order valence-corrected chi connectivity index (χ2v) is 2.78. The summed E-state index contributed by atoms with van der Waals surface area (Å²) in [5.41, 5.74) is 4.93. The molecule has 0 amide bonds. The van der Waals surface area contributed by atoms with Crippen molar-refractivity contribution in [1.29, 1.82) is 0 Å². The zero-order valence-corrected chi connectivity index (χ0v) is 6.37. The van der Waals surface area contributed by atoms with Crippen molar-refractivity contribution in [1.82, 2.24) is 10.2 Å². The van der Waals surface area contributed by atoms with Crippen LogP contribution >= 0.6 is 0 Å². The number of aldehydes is 1. The van der Waals surface area contributed by atoms with E-state index >= 15 is 0 Å². The summed E-state index contributed by atoms with van der Waals surface area (Å²) in [4.78, 5) is 10.1. The zero-order valence-electron chi connectivity index (χ0n) is 6.37. The first-order chi connectivity index (χ1) is 5.04. The summed E-state index contributed by atoms with van der Waals surface area (Å²) in [6, 6.07) is 0. The molecule has 1 aromatic rings. The molecule has 0 radical (unpaired) electrons. The predicted molar refractivity (Wildman–Crippen MR) is 36.9 cm³/mol. The number of nitrogens with zero attached hydrogens (tertiary/aromatic N) is 2. The van der Waals surface area contributed by atoms with Gasteiger partial charge < -0.3 is 10.2 Å². The van der Waals surface area contributed by atoms with E-state index in [0.717, 1.165) is 0 Å². The molecule has 0 bridgehead atoms. The number of carbonyl (C=O) groups excluding carboxylic acids is 1. The van der Waals surface area contributed by atoms with E-state index in [0.29, 0.717) is 6.29 Å². The van der Waals surface area contributed by atoms with E-state index in [1.54, 1.807) is 13.8 Å². The minimum Gasteiger partial charge on any atom is -0.416 e. The molecule has 0 saturated carbocycles.